The zero-order valence-electron chi connectivity index (χ0n) is 20.0. The standard InChI is InChI=1S/C28H32N2O3/c1-20-26(27(31)33-28(2,3)4)24(21-9-7-6-8-10-21)14-16-29(20)17-18-30-15-13-22-19-23(32-5)11-12-25(22)30/h6-16,19,24H,17-18H2,1-5H3/t24-/m0/s1. The summed E-state index contributed by atoms with van der Waals surface area (Å²) in [6.45, 7) is 9.25. The van der Waals surface area contributed by atoms with Gasteiger partial charge in [-0.05, 0) is 57.5 Å². The number of benzene rings is 2. The van der Waals surface area contributed by atoms with Gasteiger partial charge in [0.25, 0.3) is 0 Å². The number of carbonyl (C=O) groups is 1. The zero-order valence-corrected chi connectivity index (χ0v) is 20.0. The second kappa shape index (κ2) is 9.18. The Morgan fingerprint density at radius 1 is 1.03 bits per heavy atom. The molecule has 0 spiro atoms. The molecule has 0 saturated heterocycles. The summed E-state index contributed by atoms with van der Waals surface area (Å²) >= 11 is 0. The molecule has 5 heteroatoms. The normalized spacial score (nSPS) is 16.4. The predicted molar refractivity (Wildman–Crippen MR) is 132 cm³/mol. The molecule has 33 heavy (non-hydrogen) atoms. The molecular weight excluding hydrogens is 412 g/mol. The Morgan fingerprint density at radius 2 is 1.79 bits per heavy atom. The maximum absolute atomic E-state index is 13.3. The molecule has 0 amide bonds. The van der Waals surface area contributed by atoms with E-state index in [1.54, 1.807) is 7.11 Å². The van der Waals surface area contributed by atoms with Gasteiger partial charge in [0.15, 0.2) is 0 Å². The smallest absolute Gasteiger partial charge is 0.337 e. The molecule has 0 fully saturated rings. The summed E-state index contributed by atoms with van der Waals surface area (Å²) in [5.41, 5.74) is 3.31. The molecule has 1 aliphatic heterocycles. The van der Waals surface area contributed by atoms with Crippen LogP contribution in [0.3, 0.4) is 0 Å². The van der Waals surface area contributed by atoms with Crippen LogP contribution in [0.25, 0.3) is 10.9 Å². The maximum atomic E-state index is 13.3. The molecule has 0 aliphatic carbocycles. The molecule has 5 nitrogen and oxygen atoms in total. The monoisotopic (exact) mass is 444 g/mol. The van der Waals surface area contributed by atoms with E-state index in [1.807, 2.05) is 58.0 Å². The van der Waals surface area contributed by atoms with Crippen LogP contribution in [0.15, 0.2) is 84.3 Å². The van der Waals surface area contributed by atoms with Crippen molar-refractivity contribution in [3.63, 3.8) is 0 Å². The van der Waals surface area contributed by atoms with Crippen molar-refractivity contribution in [3.05, 3.63) is 89.9 Å². The highest BCUT2D eigenvalue weighted by atomic mass is 16.6. The molecule has 1 aromatic heterocycles. The Hall–Kier alpha value is -3.47. The van der Waals surface area contributed by atoms with Crippen molar-refractivity contribution in [2.45, 2.75) is 45.8 Å². The third-order valence-electron chi connectivity index (χ3n) is 5.93. The van der Waals surface area contributed by atoms with Gasteiger partial charge in [0.2, 0.25) is 0 Å². The first-order valence-electron chi connectivity index (χ1n) is 11.3. The van der Waals surface area contributed by atoms with E-state index in [1.165, 1.54) is 0 Å². The van der Waals surface area contributed by atoms with E-state index in [0.29, 0.717) is 5.57 Å². The van der Waals surface area contributed by atoms with Gasteiger partial charge in [0, 0.05) is 48.0 Å². The first kappa shape index (κ1) is 22.7. The van der Waals surface area contributed by atoms with E-state index < -0.39 is 5.60 Å². The van der Waals surface area contributed by atoms with Gasteiger partial charge in [0.1, 0.15) is 11.4 Å². The molecule has 0 radical (unpaired) electrons. The van der Waals surface area contributed by atoms with Crippen LogP contribution < -0.4 is 4.74 Å². The number of ether oxygens (including phenoxy) is 2. The minimum Gasteiger partial charge on any atom is -0.497 e. The molecule has 0 N–H and O–H groups in total. The lowest BCUT2D eigenvalue weighted by molar-refractivity contribution is -0.150. The molecule has 172 valence electrons. The van der Waals surface area contributed by atoms with Crippen molar-refractivity contribution in [3.8, 4) is 5.75 Å². The van der Waals surface area contributed by atoms with Crippen LogP contribution in [0.5, 0.6) is 5.75 Å². The van der Waals surface area contributed by atoms with Crippen molar-refractivity contribution in [2.24, 2.45) is 0 Å². The van der Waals surface area contributed by atoms with Crippen LogP contribution in [-0.4, -0.2) is 34.7 Å². The topological polar surface area (TPSA) is 43.7 Å². The van der Waals surface area contributed by atoms with E-state index in [-0.39, 0.29) is 11.9 Å². The first-order chi connectivity index (χ1) is 15.8. The first-order valence-corrected chi connectivity index (χ1v) is 11.3. The average molecular weight is 445 g/mol. The van der Waals surface area contributed by atoms with Gasteiger partial charge in [-0.15, -0.1) is 0 Å². The van der Waals surface area contributed by atoms with Gasteiger partial charge in [-0.25, -0.2) is 4.79 Å². The van der Waals surface area contributed by atoms with Crippen LogP contribution in [0.2, 0.25) is 0 Å². The summed E-state index contributed by atoms with van der Waals surface area (Å²) in [4.78, 5) is 15.4. The van der Waals surface area contributed by atoms with Crippen LogP contribution in [0.4, 0.5) is 0 Å². The van der Waals surface area contributed by atoms with Crippen molar-refractivity contribution in [1.82, 2.24) is 9.47 Å². The Morgan fingerprint density at radius 3 is 2.48 bits per heavy atom. The van der Waals surface area contributed by atoms with Gasteiger partial charge in [-0.2, -0.15) is 0 Å². The summed E-state index contributed by atoms with van der Waals surface area (Å²) in [7, 11) is 1.68. The van der Waals surface area contributed by atoms with E-state index in [0.717, 1.165) is 41.0 Å². The van der Waals surface area contributed by atoms with E-state index in [9.17, 15) is 4.79 Å². The lowest BCUT2D eigenvalue weighted by Crippen LogP contribution is -2.32. The highest BCUT2D eigenvalue weighted by Crippen LogP contribution is 2.35. The van der Waals surface area contributed by atoms with Crippen molar-refractivity contribution >= 4 is 16.9 Å². The van der Waals surface area contributed by atoms with Crippen LogP contribution in [-0.2, 0) is 16.1 Å². The number of hydrogen-bond acceptors (Lipinski definition) is 4. The summed E-state index contributed by atoms with van der Waals surface area (Å²) < 4.78 is 13.4. The fourth-order valence-corrected chi connectivity index (χ4v) is 4.28. The largest absolute Gasteiger partial charge is 0.497 e. The van der Waals surface area contributed by atoms with E-state index >= 15 is 0 Å². The summed E-state index contributed by atoms with van der Waals surface area (Å²) in [5.74, 6) is 0.464. The number of allylic oxidation sites excluding steroid dienone is 2. The van der Waals surface area contributed by atoms with Crippen LogP contribution >= 0.6 is 0 Å². The second-order valence-electron chi connectivity index (χ2n) is 9.36. The van der Waals surface area contributed by atoms with Gasteiger partial charge in [-0.3, -0.25) is 0 Å². The molecule has 0 unspecified atom stereocenters. The minimum absolute atomic E-state index is 0.128. The number of nitrogens with zero attached hydrogens (tertiary/aromatic N) is 2. The summed E-state index contributed by atoms with van der Waals surface area (Å²) in [5, 5.41) is 1.15. The van der Waals surface area contributed by atoms with Crippen molar-refractivity contribution in [1.29, 1.82) is 0 Å². The van der Waals surface area contributed by atoms with E-state index in [2.05, 4.69) is 52.2 Å². The molecule has 2 heterocycles. The third kappa shape index (κ3) is 4.98. The highest BCUT2D eigenvalue weighted by Gasteiger charge is 2.31. The fourth-order valence-electron chi connectivity index (χ4n) is 4.28. The van der Waals surface area contributed by atoms with Gasteiger partial charge in [0.05, 0.1) is 12.7 Å². The molecular formula is C28H32N2O3. The molecule has 3 aromatic rings. The minimum atomic E-state index is -0.553. The molecule has 0 bridgehead atoms. The van der Waals surface area contributed by atoms with Crippen LogP contribution in [0.1, 0.15) is 39.2 Å². The molecule has 4 rings (SSSR count). The number of fused-ring (bicyclic) bond motifs is 1. The zero-order chi connectivity index (χ0) is 23.6. The van der Waals surface area contributed by atoms with E-state index in [4.69, 9.17) is 9.47 Å². The van der Waals surface area contributed by atoms with Gasteiger partial charge < -0.3 is 18.9 Å². The number of carbonyl (C=O) groups excluding carboxylic acids is 1. The Bertz CT molecular complexity index is 1200. The number of esters is 1. The molecule has 2 aromatic carbocycles. The van der Waals surface area contributed by atoms with Crippen LogP contribution in [0, 0.1) is 0 Å². The predicted octanol–water partition coefficient (Wildman–Crippen LogP) is 5.88. The van der Waals surface area contributed by atoms with Crippen molar-refractivity contribution in [2.75, 3.05) is 13.7 Å². The Kier molecular flexibility index (Phi) is 6.32. The molecule has 1 atom stereocenters. The summed E-state index contributed by atoms with van der Waals surface area (Å²) in [6.07, 6.45) is 6.29. The van der Waals surface area contributed by atoms with Crippen molar-refractivity contribution < 1.29 is 14.3 Å². The molecule has 1 aliphatic rings. The molecule has 0 saturated carbocycles. The fraction of sp³-hybridized carbons (Fsp3) is 0.321. The number of methoxy groups -OCH3 is 1. The lowest BCUT2D eigenvalue weighted by Gasteiger charge is -2.32. The maximum Gasteiger partial charge on any atom is 0.337 e. The summed E-state index contributed by atoms with van der Waals surface area (Å²) in [6, 6.07) is 18.3. The highest BCUT2D eigenvalue weighted by molar-refractivity contribution is 5.92. The number of aromatic nitrogens is 1. The lowest BCUT2D eigenvalue weighted by atomic mass is 9.87. The SMILES string of the molecule is COc1ccc2c(ccn2CCN2C=C[C@@H](c3ccccc3)C(C(=O)OC(C)(C)C)=C2C)c1. The quantitative estimate of drug-likeness (QED) is 0.446. The van der Waals surface area contributed by atoms with Gasteiger partial charge >= 0.3 is 5.97 Å². The number of hydrogen-bond donors (Lipinski definition) is 0. The number of rotatable bonds is 6. The Balaban J connectivity index is 1.60. The second-order valence-corrected chi connectivity index (χ2v) is 9.36. The van der Waals surface area contributed by atoms with Gasteiger partial charge in [-0.1, -0.05) is 36.4 Å². The average Bonchev–Trinajstić information content (AvgIpc) is 3.19. The third-order valence-corrected chi connectivity index (χ3v) is 5.93. The Labute approximate surface area is 195 Å².